The lowest BCUT2D eigenvalue weighted by Gasteiger charge is -2.26. The van der Waals surface area contributed by atoms with E-state index in [1.807, 2.05) is 50.2 Å². The standard InChI is InChI=1S/C26H29N3O3S/c1-4-18-13-14-20(25-21-10-6-7-11-22(21)26(30)28(3)27-25)16-24(18)33(31,32)29-17(2)15-19-9-5-8-12-23(19)29/h5,8-9,12-14,16-17H,4,6-7,10-11,15H2,1-3H3/t17-/m1/s1. The van der Waals surface area contributed by atoms with Gasteiger partial charge in [0, 0.05) is 24.2 Å². The number of benzene rings is 2. The predicted octanol–water partition coefficient (Wildman–Crippen LogP) is 4.03. The van der Waals surface area contributed by atoms with Gasteiger partial charge in [0.05, 0.1) is 16.3 Å². The Morgan fingerprint density at radius 2 is 1.79 bits per heavy atom. The van der Waals surface area contributed by atoms with Crippen LogP contribution in [0.25, 0.3) is 11.3 Å². The van der Waals surface area contributed by atoms with E-state index < -0.39 is 10.0 Å². The van der Waals surface area contributed by atoms with Gasteiger partial charge in [-0.15, -0.1) is 0 Å². The lowest BCUT2D eigenvalue weighted by Crippen LogP contribution is -2.36. The first kappa shape index (κ1) is 21.9. The van der Waals surface area contributed by atoms with Crippen LogP contribution >= 0.6 is 0 Å². The highest BCUT2D eigenvalue weighted by molar-refractivity contribution is 7.93. The molecule has 5 rings (SSSR count). The van der Waals surface area contributed by atoms with Gasteiger partial charge in [0.15, 0.2) is 0 Å². The molecule has 2 aromatic carbocycles. The Morgan fingerprint density at radius 1 is 1.06 bits per heavy atom. The molecule has 0 saturated heterocycles. The third-order valence-corrected chi connectivity index (χ3v) is 8.97. The van der Waals surface area contributed by atoms with Gasteiger partial charge in [-0.25, -0.2) is 13.1 Å². The van der Waals surface area contributed by atoms with Crippen LogP contribution in [-0.2, 0) is 42.8 Å². The molecular formula is C26H29N3O3S. The van der Waals surface area contributed by atoms with Crippen LogP contribution in [0.15, 0.2) is 52.2 Å². The molecule has 1 aliphatic carbocycles. The molecule has 33 heavy (non-hydrogen) atoms. The monoisotopic (exact) mass is 463 g/mol. The van der Waals surface area contributed by atoms with Crippen LogP contribution in [0.5, 0.6) is 0 Å². The van der Waals surface area contributed by atoms with E-state index in [1.165, 1.54) is 4.68 Å². The predicted molar refractivity (Wildman–Crippen MR) is 130 cm³/mol. The summed E-state index contributed by atoms with van der Waals surface area (Å²) in [7, 11) is -2.11. The second-order valence-corrected chi connectivity index (χ2v) is 10.9. The van der Waals surface area contributed by atoms with Crippen molar-refractivity contribution in [1.29, 1.82) is 0 Å². The number of aryl methyl sites for hydroxylation is 2. The van der Waals surface area contributed by atoms with Crippen molar-refractivity contribution >= 4 is 15.7 Å². The lowest BCUT2D eigenvalue weighted by molar-refractivity contribution is 0.583. The van der Waals surface area contributed by atoms with Gasteiger partial charge in [-0.2, -0.15) is 5.10 Å². The Kier molecular flexibility index (Phi) is 5.40. The number of fused-ring (bicyclic) bond motifs is 2. The quantitative estimate of drug-likeness (QED) is 0.586. The molecule has 0 amide bonds. The molecule has 0 spiro atoms. The molecule has 1 aliphatic heterocycles. The van der Waals surface area contributed by atoms with E-state index >= 15 is 0 Å². The fourth-order valence-electron chi connectivity index (χ4n) is 5.33. The largest absolute Gasteiger partial charge is 0.269 e. The van der Waals surface area contributed by atoms with E-state index in [2.05, 4.69) is 5.10 Å². The van der Waals surface area contributed by atoms with Crippen molar-refractivity contribution in [3.63, 3.8) is 0 Å². The summed E-state index contributed by atoms with van der Waals surface area (Å²) in [5, 5.41) is 4.58. The summed E-state index contributed by atoms with van der Waals surface area (Å²) in [5.74, 6) is 0. The molecular weight excluding hydrogens is 434 g/mol. The fraction of sp³-hybridized carbons (Fsp3) is 0.385. The van der Waals surface area contributed by atoms with Gasteiger partial charge in [0.2, 0.25) is 0 Å². The highest BCUT2D eigenvalue weighted by atomic mass is 32.2. The van der Waals surface area contributed by atoms with E-state index in [0.29, 0.717) is 17.7 Å². The van der Waals surface area contributed by atoms with Gasteiger partial charge < -0.3 is 0 Å². The van der Waals surface area contributed by atoms with Crippen molar-refractivity contribution in [2.75, 3.05) is 4.31 Å². The third-order valence-electron chi connectivity index (χ3n) is 6.96. The van der Waals surface area contributed by atoms with Crippen molar-refractivity contribution in [1.82, 2.24) is 9.78 Å². The topological polar surface area (TPSA) is 72.3 Å². The number of para-hydroxylation sites is 1. The molecule has 6 nitrogen and oxygen atoms in total. The summed E-state index contributed by atoms with van der Waals surface area (Å²) >= 11 is 0. The van der Waals surface area contributed by atoms with Gasteiger partial charge in [0.1, 0.15) is 0 Å². The Balaban J connectivity index is 1.69. The first-order chi connectivity index (χ1) is 15.8. The van der Waals surface area contributed by atoms with Gasteiger partial charge >= 0.3 is 0 Å². The summed E-state index contributed by atoms with van der Waals surface area (Å²) in [4.78, 5) is 13.0. The molecule has 0 bridgehead atoms. The fourth-order valence-corrected chi connectivity index (χ4v) is 7.35. The lowest BCUT2D eigenvalue weighted by atomic mass is 9.89. The first-order valence-electron chi connectivity index (χ1n) is 11.7. The number of hydrogen-bond donors (Lipinski definition) is 0. The van der Waals surface area contributed by atoms with Gasteiger partial charge in [-0.3, -0.25) is 9.10 Å². The van der Waals surface area contributed by atoms with E-state index in [0.717, 1.165) is 64.9 Å². The molecule has 0 saturated carbocycles. The van der Waals surface area contributed by atoms with E-state index in [1.54, 1.807) is 17.4 Å². The summed E-state index contributed by atoms with van der Waals surface area (Å²) in [6.07, 6.45) is 4.85. The Hall–Kier alpha value is -2.93. The van der Waals surface area contributed by atoms with Crippen molar-refractivity contribution in [2.24, 2.45) is 7.05 Å². The minimum atomic E-state index is -3.78. The van der Waals surface area contributed by atoms with Crippen LogP contribution in [0.1, 0.15) is 48.9 Å². The molecule has 172 valence electrons. The van der Waals surface area contributed by atoms with Crippen LogP contribution < -0.4 is 9.86 Å². The summed E-state index contributed by atoms with van der Waals surface area (Å²) in [5.41, 5.74) is 5.81. The molecule has 3 aromatic rings. The van der Waals surface area contributed by atoms with E-state index in [4.69, 9.17) is 0 Å². The van der Waals surface area contributed by atoms with Crippen LogP contribution in [-0.4, -0.2) is 24.2 Å². The SMILES string of the molecule is CCc1ccc(-c2nn(C)c(=O)c3c2CCCC3)cc1S(=O)(=O)N1c2ccccc2C[C@H]1C. The average molecular weight is 464 g/mol. The minimum absolute atomic E-state index is 0.0472. The smallest absolute Gasteiger partial charge is 0.268 e. The zero-order valence-corrected chi connectivity index (χ0v) is 20.2. The van der Waals surface area contributed by atoms with Crippen LogP contribution in [0.4, 0.5) is 5.69 Å². The number of nitrogens with zero attached hydrogens (tertiary/aromatic N) is 3. The zero-order chi connectivity index (χ0) is 23.3. The molecule has 2 aliphatic rings. The van der Waals surface area contributed by atoms with E-state index in [-0.39, 0.29) is 11.6 Å². The van der Waals surface area contributed by atoms with Crippen molar-refractivity contribution in [2.45, 2.75) is 63.3 Å². The number of aromatic nitrogens is 2. The Bertz CT molecular complexity index is 1410. The minimum Gasteiger partial charge on any atom is -0.268 e. The molecule has 0 radical (unpaired) electrons. The maximum atomic E-state index is 14.0. The molecule has 0 fully saturated rings. The summed E-state index contributed by atoms with van der Waals surface area (Å²) in [6.45, 7) is 3.93. The number of hydrogen-bond acceptors (Lipinski definition) is 4. The van der Waals surface area contributed by atoms with Gasteiger partial charge in [0.25, 0.3) is 15.6 Å². The number of sulfonamides is 1. The summed E-state index contributed by atoms with van der Waals surface area (Å²) < 4.78 is 31.0. The van der Waals surface area contributed by atoms with Gasteiger partial charge in [-0.05, 0) is 74.3 Å². The van der Waals surface area contributed by atoms with Crippen LogP contribution in [0.2, 0.25) is 0 Å². The Labute approximate surface area is 194 Å². The molecule has 1 aromatic heterocycles. The average Bonchev–Trinajstić information content (AvgIpc) is 3.17. The second-order valence-electron chi connectivity index (χ2n) is 9.10. The normalized spacial score (nSPS) is 17.7. The van der Waals surface area contributed by atoms with Crippen LogP contribution in [0, 0.1) is 0 Å². The van der Waals surface area contributed by atoms with Gasteiger partial charge in [-0.1, -0.05) is 37.3 Å². The van der Waals surface area contributed by atoms with Crippen molar-refractivity contribution < 1.29 is 8.42 Å². The zero-order valence-electron chi connectivity index (χ0n) is 19.3. The highest BCUT2D eigenvalue weighted by Gasteiger charge is 2.37. The maximum Gasteiger partial charge on any atom is 0.269 e. The maximum absolute atomic E-state index is 14.0. The molecule has 0 N–H and O–H groups in total. The van der Waals surface area contributed by atoms with Crippen LogP contribution in [0.3, 0.4) is 0 Å². The molecule has 7 heteroatoms. The molecule has 2 heterocycles. The van der Waals surface area contributed by atoms with Crippen molar-refractivity contribution in [3.8, 4) is 11.3 Å². The number of anilines is 1. The first-order valence-corrected chi connectivity index (χ1v) is 13.1. The molecule has 0 unspecified atom stereocenters. The second kappa shape index (κ2) is 8.13. The van der Waals surface area contributed by atoms with E-state index in [9.17, 15) is 13.2 Å². The van der Waals surface area contributed by atoms with Crippen molar-refractivity contribution in [3.05, 3.63) is 75.1 Å². The molecule has 1 atom stereocenters. The third kappa shape index (κ3) is 3.50. The number of rotatable bonds is 4. The summed E-state index contributed by atoms with van der Waals surface area (Å²) in [6, 6.07) is 13.2. The highest BCUT2D eigenvalue weighted by Crippen LogP contribution is 2.38. The Morgan fingerprint density at radius 3 is 2.55 bits per heavy atom.